The van der Waals surface area contributed by atoms with E-state index >= 15 is 0 Å². The van der Waals surface area contributed by atoms with Crippen LogP contribution < -0.4 is 10.6 Å². The molecule has 24 heavy (non-hydrogen) atoms. The maximum Gasteiger partial charge on any atom is 0.335 e. The monoisotopic (exact) mass is 326 g/mol. The SMILES string of the molecule is CCc1cccc(CC)c1NC(=O)NCc1ccc(C(=O)O)cc1. The highest BCUT2D eigenvalue weighted by molar-refractivity contribution is 5.91. The van der Waals surface area contributed by atoms with Gasteiger partial charge in [0.2, 0.25) is 0 Å². The van der Waals surface area contributed by atoms with Crippen LogP contribution in [0, 0.1) is 0 Å². The number of carbonyl (C=O) groups excluding carboxylic acids is 1. The average Bonchev–Trinajstić information content (AvgIpc) is 2.60. The van der Waals surface area contributed by atoms with Gasteiger partial charge in [0.1, 0.15) is 0 Å². The van der Waals surface area contributed by atoms with Gasteiger partial charge in [0.15, 0.2) is 0 Å². The third-order valence-electron chi connectivity index (χ3n) is 3.89. The molecule has 0 aliphatic heterocycles. The summed E-state index contributed by atoms with van der Waals surface area (Å²) >= 11 is 0. The lowest BCUT2D eigenvalue weighted by Gasteiger charge is -2.15. The molecule has 0 saturated heterocycles. The number of anilines is 1. The standard InChI is InChI=1S/C19H22N2O3/c1-3-14-6-5-7-15(4-2)17(14)21-19(24)20-12-13-8-10-16(11-9-13)18(22)23/h5-11H,3-4,12H2,1-2H3,(H,22,23)(H2,20,21,24). The van der Waals surface area contributed by atoms with Crippen LogP contribution in [-0.4, -0.2) is 17.1 Å². The maximum atomic E-state index is 12.2. The fraction of sp³-hybridized carbons (Fsp3) is 0.263. The van der Waals surface area contributed by atoms with Crippen molar-refractivity contribution in [2.24, 2.45) is 0 Å². The van der Waals surface area contributed by atoms with Crippen molar-refractivity contribution in [1.82, 2.24) is 5.32 Å². The molecule has 0 unspecified atom stereocenters. The molecule has 2 aromatic carbocycles. The number of aryl methyl sites for hydroxylation is 2. The van der Waals surface area contributed by atoms with Crippen LogP contribution in [0.1, 0.15) is 40.9 Å². The maximum absolute atomic E-state index is 12.2. The molecule has 0 fully saturated rings. The normalized spacial score (nSPS) is 10.2. The van der Waals surface area contributed by atoms with Crippen molar-refractivity contribution in [3.05, 3.63) is 64.7 Å². The van der Waals surface area contributed by atoms with E-state index in [1.165, 1.54) is 12.1 Å². The molecule has 0 radical (unpaired) electrons. The van der Waals surface area contributed by atoms with Gasteiger partial charge in [-0.3, -0.25) is 0 Å². The first-order chi connectivity index (χ1) is 11.5. The molecule has 2 amide bonds. The molecule has 0 heterocycles. The predicted octanol–water partition coefficient (Wildman–Crippen LogP) is 3.83. The first-order valence-electron chi connectivity index (χ1n) is 8.03. The summed E-state index contributed by atoms with van der Waals surface area (Å²) in [6, 6.07) is 12.2. The molecule has 5 heteroatoms. The lowest BCUT2D eigenvalue weighted by atomic mass is 10.0. The number of carboxylic acids is 1. The number of carbonyl (C=O) groups is 2. The highest BCUT2D eigenvalue weighted by atomic mass is 16.4. The number of hydrogen-bond acceptors (Lipinski definition) is 2. The molecule has 5 nitrogen and oxygen atoms in total. The van der Waals surface area contributed by atoms with Gasteiger partial charge in [-0.05, 0) is 41.7 Å². The summed E-state index contributed by atoms with van der Waals surface area (Å²) in [5.41, 5.74) is 4.16. The van der Waals surface area contributed by atoms with Gasteiger partial charge in [-0.1, -0.05) is 44.2 Å². The minimum absolute atomic E-state index is 0.229. The molecule has 0 atom stereocenters. The fourth-order valence-corrected chi connectivity index (χ4v) is 2.51. The molecular weight excluding hydrogens is 304 g/mol. The van der Waals surface area contributed by atoms with Crippen molar-refractivity contribution < 1.29 is 14.7 Å². The number of urea groups is 1. The number of amides is 2. The van der Waals surface area contributed by atoms with Crippen molar-refractivity contribution >= 4 is 17.7 Å². The number of carboxylic acid groups (broad SMARTS) is 1. The van der Waals surface area contributed by atoms with E-state index in [-0.39, 0.29) is 11.6 Å². The molecule has 0 aliphatic rings. The van der Waals surface area contributed by atoms with E-state index in [1.807, 2.05) is 18.2 Å². The molecule has 0 saturated carbocycles. The van der Waals surface area contributed by atoms with Gasteiger partial charge < -0.3 is 15.7 Å². The van der Waals surface area contributed by atoms with Gasteiger partial charge in [-0.2, -0.15) is 0 Å². The molecule has 3 N–H and O–H groups in total. The van der Waals surface area contributed by atoms with Crippen LogP contribution in [0.4, 0.5) is 10.5 Å². The van der Waals surface area contributed by atoms with E-state index in [9.17, 15) is 9.59 Å². The Morgan fingerprint density at radius 1 is 0.958 bits per heavy atom. The molecular formula is C19H22N2O3. The first-order valence-corrected chi connectivity index (χ1v) is 8.03. The second-order valence-corrected chi connectivity index (χ2v) is 5.47. The van der Waals surface area contributed by atoms with E-state index in [2.05, 4.69) is 24.5 Å². The van der Waals surface area contributed by atoms with E-state index in [0.717, 1.165) is 35.2 Å². The van der Waals surface area contributed by atoms with Crippen LogP contribution in [0.5, 0.6) is 0 Å². The molecule has 126 valence electrons. The number of nitrogens with one attached hydrogen (secondary N) is 2. The Balaban J connectivity index is 2.00. The predicted molar refractivity (Wildman–Crippen MR) is 94.5 cm³/mol. The Morgan fingerprint density at radius 3 is 2.04 bits per heavy atom. The zero-order valence-corrected chi connectivity index (χ0v) is 13.9. The van der Waals surface area contributed by atoms with Crippen LogP contribution in [0.25, 0.3) is 0 Å². The van der Waals surface area contributed by atoms with Gasteiger partial charge >= 0.3 is 12.0 Å². The number of rotatable bonds is 6. The Hall–Kier alpha value is -2.82. The average molecular weight is 326 g/mol. The Bertz CT molecular complexity index is 702. The fourth-order valence-electron chi connectivity index (χ4n) is 2.51. The van der Waals surface area contributed by atoms with Crippen LogP contribution in [0.15, 0.2) is 42.5 Å². The highest BCUT2D eigenvalue weighted by Gasteiger charge is 2.10. The minimum atomic E-state index is -0.962. The summed E-state index contributed by atoms with van der Waals surface area (Å²) in [5, 5.41) is 14.6. The second-order valence-electron chi connectivity index (χ2n) is 5.47. The summed E-state index contributed by atoms with van der Waals surface area (Å²) < 4.78 is 0. The van der Waals surface area contributed by atoms with Crippen molar-refractivity contribution in [3.8, 4) is 0 Å². The largest absolute Gasteiger partial charge is 0.478 e. The summed E-state index contributed by atoms with van der Waals surface area (Å²) in [6.07, 6.45) is 1.69. The summed E-state index contributed by atoms with van der Waals surface area (Å²) in [6.45, 7) is 4.45. The summed E-state index contributed by atoms with van der Waals surface area (Å²) in [4.78, 5) is 23.0. The van der Waals surface area contributed by atoms with Crippen molar-refractivity contribution in [3.63, 3.8) is 0 Å². The zero-order valence-electron chi connectivity index (χ0n) is 13.9. The van der Waals surface area contributed by atoms with Crippen LogP contribution in [0.2, 0.25) is 0 Å². The van der Waals surface area contributed by atoms with Crippen LogP contribution in [0.3, 0.4) is 0 Å². The van der Waals surface area contributed by atoms with Gasteiger partial charge in [0.25, 0.3) is 0 Å². The third kappa shape index (κ3) is 4.35. The lowest BCUT2D eigenvalue weighted by molar-refractivity contribution is 0.0697. The van der Waals surface area contributed by atoms with E-state index in [0.29, 0.717) is 6.54 Å². The molecule has 0 aromatic heterocycles. The zero-order chi connectivity index (χ0) is 17.5. The molecule has 0 bridgehead atoms. The van der Waals surface area contributed by atoms with Crippen LogP contribution >= 0.6 is 0 Å². The third-order valence-corrected chi connectivity index (χ3v) is 3.89. The Labute approximate surface area is 141 Å². The Morgan fingerprint density at radius 2 is 1.54 bits per heavy atom. The van der Waals surface area contributed by atoms with E-state index in [1.54, 1.807) is 12.1 Å². The van der Waals surface area contributed by atoms with E-state index in [4.69, 9.17) is 5.11 Å². The minimum Gasteiger partial charge on any atom is -0.478 e. The number of benzene rings is 2. The van der Waals surface area contributed by atoms with Crippen molar-refractivity contribution in [2.75, 3.05) is 5.32 Å². The smallest absolute Gasteiger partial charge is 0.335 e. The van der Waals surface area contributed by atoms with Gasteiger partial charge in [0, 0.05) is 12.2 Å². The highest BCUT2D eigenvalue weighted by Crippen LogP contribution is 2.22. The van der Waals surface area contributed by atoms with Gasteiger partial charge in [0.05, 0.1) is 5.56 Å². The van der Waals surface area contributed by atoms with Gasteiger partial charge in [-0.25, -0.2) is 9.59 Å². The van der Waals surface area contributed by atoms with E-state index < -0.39 is 5.97 Å². The Kier molecular flexibility index (Phi) is 5.95. The van der Waals surface area contributed by atoms with Crippen molar-refractivity contribution in [1.29, 1.82) is 0 Å². The summed E-state index contributed by atoms with van der Waals surface area (Å²) in [7, 11) is 0. The molecule has 2 aromatic rings. The van der Waals surface area contributed by atoms with Crippen LogP contribution in [-0.2, 0) is 19.4 Å². The lowest BCUT2D eigenvalue weighted by Crippen LogP contribution is -2.29. The summed E-state index contributed by atoms with van der Waals surface area (Å²) in [5.74, 6) is -0.962. The number of para-hydroxylation sites is 1. The molecule has 2 rings (SSSR count). The van der Waals surface area contributed by atoms with Crippen molar-refractivity contribution in [2.45, 2.75) is 33.2 Å². The second kappa shape index (κ2) is 8.15. The number of aromatic carboxylic acids is 1. The quantitative estimate of drug-likeness (QED) is 0.755. The number of hydrogen-bond donors (Lipinski definition) is 3. The molecule has 0 spiro atoms. The molecule has 0 aliphatic carbocycles. The first kappa shape index (κ1) is 17.5. The van der Waals surface area contributed by atoms with Gasteiger partial charge in [-0.15, -0.1) is 0 Å². The topological polar surface area (TPSA) is 78.4 Å².